The van der Waals surface area contributed by atoms with Crippen molar-refractivity contribution in [2.24, 2.45) is 11.8 Å². The van der Waals surface area contributed by atoms with E-state index in [1.165, 1.54) is 0 Å². The Morgan fingerprint density at radius 3 is 2.36 bits per heavy atom. The van der Waals surface area contributed by atoms with Gasteiger partial charge in [0.1, 0.15) is 0 Å². The lowest BCUT2D eigenvalue weighted by Gasteiger charge is -2.18. The van der Waals surface area contributed by atoms with Crippen molar-refractivity contribution in [1.82, 2.24) is 0 Å². The second kappa shape index (κ2) is 7.00. The van der Waals surface area contributed by atoms with Crippen molar-refractivity contribution in [2.75, 3.05) is 17.3 Å². The van der Waals surface area contributed by atoms with E-state index in [-0.39, 0.29) is 17.7 Å². The Balaban J connectivity index is 1.69. The van der Waals surface area contributed by atoms with Crippen LogP contribution in [0.2, 0.25) is 0 Å². The molecule has 0 heterocycles. The summed E-state index contributed by atoms with van der Waals surface area (Å²) >= 11 is 3.47. The van der Waals surface area contributed by atoms with Crippen molar-refractivity contribution in [2.45, 2.75) is 20.3 Å². The normalized spacial score (nSPS) is 18.6. The molecule has 130 valence electrons. The highest BCUT2D eigenvalue weighted by Crippen LogP contribution is 2.38. The molecule has 5 heteroatoms. The number of rotatable bonds is 4. The molecule has 2 aromatic carbocycles. The first kappa shape index (κ1) is 17.7. The summed E-state index contributed by atoms with van der Waals surface area (Å²) < 4.78 is 1.02. The fraction of sp³-hybridized carbons (Fsp3) is 0.300. The lowest BCUT2D eigenvalue weighted by Crippen LogP contribution is -2.26. The van der Waals surface area contributed by atoms with E-state index in [1.54, 1.807) is 36.2 Å². The van der Waals surface area contributed by atoms with E-state index in [0.717, 1.165) is 27.8 Å². The fourth-order valence-electron chi connectivity index (χ4n) is 2.77. The maximum absolute atomic E-state index is 12.7. The van der Waals surface area contributed by atoms with Gasteiger partial charge < -0.3 is 10.2 Å². The molecule has 2 unspecified atom stereocenters. The summed E-state index contributed by atoms with van der Waals surface area (Å²) in [5.41, 5.74) is 3.22. The maximum atomic E-state index is 12.7. The minimum absolute atomic E-state index is 0.0639. The third-order valence-corrected chi connectivity index (χ3v) is 5.57. The van der Waals surface area contributed by atoms with E-state index in [2.05, 4.69) is 28.2 Å². The van der Waals surface area contributed by atoms with Gasteiger partial charge in [-0.15, -0.1) is 0 Å². The molecule has 4 nitrogen and oxygen atoms in total. The third kappa shape index (κ3) is 3.93. The third-order valence-electron chi connectivity index (χ3n) is 4.68. The molecule has 0 bridgehead atoms. The van der Waals surface area contributed by atoms with Crippen LogP contribution in [0.15, 0.2) is 46.9 Å². The van der Waals surface area contributed by atoms with E-state index < -0.39 is 0 Å². The van der Waals surface area contributed by atoms with Crippen LogP contribution in [0.1, 0.15) is 29.3 Å². The lowest BCUT2D eigenvalue weighted by atomic mass is 10.1. The SMILES string of the molecule is Cc1cc(N(C)C(=O)c2ccc(NC(=O)C3CC3C)cc2)ccc1Br. The predicted molar refractivity (Wildman–Crippen MR) is 104 cm³/mol. The smallest absolute Gasteiger partial charge is 0.258 e. The highest BCUT2D eigenvalue weighted by Gasteiger charge is 2.39. The van der Waals surface area contributed by atoms with Gasteiger partial charge in [0.15, 0.2) is 0 Å². The molecule has 0 spiro atoms. The van der Waals surface area contributed by atoms with Gasteiger partial charge in [0, 0.05) is 34.4 Å². The molecule has 0 radical (unpaired) electrons. The number of aryl methyl sites for hydroxylation is 1. The first-order chi connectivity index (χ1) is 11.9. The molecular weight excluding hydrogens is 380 g/mol. The van der Waals surface area contributed by atoms with E-state index in [1.807, 2.05) is 25.1 Å². The minimum atomic E-state index is -0.0876. The number of hydrogen-bond acceptors (Lipinski definition) is 2. The molecule has 1 fully saturated rings. The van der Waals surface area contributed by atoms with Crippen LogP contribution < -0.4 is 10.2 Å². The van der Waals surface area contributed by atoms with Gasteiger partial charge in [-0.1, -0.05) is 22.9 Å². The van der Waals surface area contributed by atoms with Crippen LogP contribution in [0.25, 0.3) is 0 Å². The van der Waals surface area contributed by atoms with Crippen LogP contribution >= 0.6 is 15.9 Å². The lowest BCUT2D eigenvalue weighted by molar-refractivity contribution is -0.117. The average Bonchev–Trinajstić information content (AvgIpc) is 3.34. The summed E-state index contributed by atoms with van der Waals surface area (Å²) in [4.78, 5) is 26.3. The first-order valence-electron chi connectivity index (χ1n) is 8.32. The Labute approximate surface area is 156 Å². The number of benzene rings is 2. The number of hydrogen-bond donors (Lipinski definition) is 1. The zero-order chi connectivity index (χ0) is 18.1. The molecule has 2 atom stereocenters. The van der Waals surface area contributed by atoms with Crippen LogP contribution in [0, 0.1) is 18.8 Å². The van der Waals surface area contributed by atoms with Gasteiger partial charge >= 0.3 is 0 Å². The molecule has 25 heavy (non-hydrogen) atoms. The van der Waals surface area contributed by atoms with Gasteiger partial charge in [-0.25, -0.2) is 0 Å². The monoisotopic (exact) mass is 400 g/mol. The zero-order valence-electron chi connectivity index (χ0n) is 14.5. The van der Waals surface area contributed by atoms with Gasteiger partial charge in [-0.05, 0) is 67.3 Å². The van der Waals surface area contributed by atoms with E-state index >= 15 is 0 Å². The summed E-state index contributed by atoms with van der Waals surface area (Å²) in [7, 11) is 1.76. The molecule has 2 amide bonds. The van der Waals surface area contributed by atoms with Crippen LogP contribution in [-0.4, -0.2) is 18.9 Å². The quantitative estimate of drug-likeness (QED) is 0.812. The molecule has 0 aliphatic heterocycles. The Morgan fingerprint density at radius 2 is 1.80 bits per heavy atom. The summed E-state index contributed by atoms with van der Waals surface area (Å²) in [5.74, 6) is 0.585. The second-order valence-corrected chi connectivity index (χ2v) is 7.54. The number of halogens is 1. The second-order valence-electron chi connectivity index (χ2n) is 6.68. The van der Waals surface area contributed by atoms with Crippen molar-refractivity contribution in [3.05, 3.63) is 58.1 Å². The highest BCUT2D eigenvalue weighted by atomic mass is 79.9. The highest BCUT2D eigenvalue weighted by molar-refractivity contribution is 9.10. The molecule has 0 saturated heterocycles. The van der Waals surface area contributed by atoms with Crippen LogP contribution in [0.5, 0.6) is 0 Å². The first-order valence-corrected chi connectivity index (χ1v) is 9.11. The number of nitrogens with zero attached hydrogens (tertiary/aromatic N) is 1. The Hall–Kier alpha value is -2.14. The molecule has 1 aliphatic rings. The van der Waals surface area contributed by atoms with E-state index in [4.69, 9.17) is 0 Å². The van der Waals surface area contributed by atoms with Gasteiger partial charge in [-0.3, -0.25) is 9.59 Å². The standard InChI is InChI=1S/C20H21BrN2O2/c1-12-11-17(12)19(24)22-15-6-4-14(5-7-15)20(25)23(3)16-8-9-18(21)13(2)10-16/h4-10,12,17H,11H2,1-3H3,(H,22,24). The van der Waals surface area contributed by atoms with Gasteiger partial charge in [0.2, 0.25) is 5.91 Å². The van der Waals surface area contributed by atoms with Crippen molar-refractivity contribution in [3.63, 3.8) is 0 Å². The molecule has 1 saturated carbocycles. The van der Waals surface area contributed by atoms with Crippen molar-refractivity contribution in [1.29, 1.82) is 0 Å². The molecule has 0 aromatic heterocycles. The number of nitrogens with one attached hydrogen (secondary N) is 1. The van der Waals surface area contributed by atoms with Crippen LogP contribution in [0.3, 0.4) is 0 Å². The van der Waals surface area contributed by atoms with Crippen molar-refractivity contribution >= 4 is 39.1 Å². The number of anilines is 2. The summed E-state index contributed by atoms with van der Waals surface area (Å²) in [5, 5.41) is 2.91. The Kier molecular flexibility index (Phi) is 4.95. The minimum Gasteiger partial charge on any atom is -0.326 e. The topological polar surface area (TPSA) is 49.4 Å². The predicted octanol–water partition coefficient (Wildman–Crippen LogP) is 4.63. The fourth-order valence-corrected chi connectivity index (χ4v) is 3.01. The summed E-state index contributed by atoms with van der Waals surface area (Å²) in [6, 6.07) is 12.9. The number of carbonyl (C=O) groups excluding carboxylic acids is 2. The van der Waals surface area contributed by atoms with Gasteiger partial charge in [0.05, 0.1) is 0 Å². The molecule has 3 rings (SSSR count). The van der Waals surface area contributed by atoms with Crippen molar-refractivity contribution < 1.29 is 9.59 Å². The maximum Gasteiger partial charge on any atom is 0.258 e. The van der Waals surface area contributed by atoms with Crippen LogP contribution in [0.4, 0.5) is 11.4 Å². The average molecular weight is 401 g/mol. The Morgan fingerprint density at radius 1 is 1.16 bits per heavy atom. The molecule has 1 aliphatic carbocycles. The Bertz CT molecular complexity index is 817. The van der Waals surface area contributed by atoms with Gasteiger partial charge in [0.25, 0.3) is 5.91 Å². The van der Waals surface area contributed by atoms with Crippen LogP contribution in [-0.2, 0) is 4.79 Å². The van der Waals surface area contributed by atoms with Crippen molar-refractivity contribution in [3.8, 4) is 0 Å². The summed E-state index contributed by atoms with van der Waals surface area (Å²) in [6.07, 6.45) is 0.958. The molecular formula is C20H21BrN2O2. The largest absolute Gasteiger partial charge is 0.326 e. The van der Waals surface area contributed by atoms with Gasteiger partial charge in [-0.2, -0.15) is 0 Å². The molecule has 2 aromatic rings. The van der Waals surface area contributed by atoms with E-state index in [9.17, 15) is 9.59 Å². The number of carbonyl (C=O) groups is 2. The number of amides is 2. The summed E-state index contributed by atoms with van der Waals surface area (Å²) in [6.45, 7) is 4.07. The van der Waals surface area contributed by atoms with E-state index in [0.29, 0.717) is 11.5 Å². The zero-order valence-corrected chi connectivity index (χ0v) is 16.1. The molecule has 1 N–H and O–H groups in total.